The Bertz CT molecular complexity index is 706. The second-order valence-corrected chi connectivity index (χ2v) is 7.01. The first-order valence-corrected chi connectivity index (χ1v) is 8.93. The molecule has 0 aliphatic carbocycles. The van der Waals surface area contributed by atoms with Crippen molar-refractivity contribution in [1.29, 1.82) is 0 Å². The molecule has 2 unspecified atom stereocenters. The third kappa shape index (κ3) is 4.45. The fraction of sp³-hybridized carbons (Fsp3) is 0.389. The highest BCUT2D eigenvalue weighted by Crippen LogP contribution is 2.35. The molecule has 0 spiro atoms. The summed E-state index contributed by atoms with van der Waals surface area (Å²) < 4.78 is 11.2. The molecule has 7 heteroatoms. The first-order valence-electron chi connectivity index (χ1n) is 8.05. The fourth-order valence-electron chi connectivity index (χ4n) is 2.53. The molecule has 1 aliphatic rings. The van der Waals surface area contributed by atoms with E-state index >= 15 is 0 Å². The lowest BCUT2D eigenvalue weighted by molar-refractivity contribution is -0.122. The van der Waals surface area contributed by atoms with E-state index in [4.69, 9.17) is 15.2 Å². The topological polar surface area (TPSA) is 64.8 Å². The molecule has 5 nitrogen and oxygen atoms in total. The van der Waals surface area contributed by atoms with Crippen molar-refractivity contribution in [3.05, 3.63) is 40.6 Å². The van der Waals surface area contributed by atoms with Gasteiger partial charge in [0, 0.05) is 22.7 Å². The molecule has 2 N–H and O–H groups in total. The third-order valence-electron chi connectivity index (χ3n) is 4.18. The monoisotopic (exact) mass is 382 g/mol. The van der Waals surface area contributed by atoms with E-state index in [1.807, 2.05) is 49.6 Å². The van der Waals surface area contributed by atoms with Crippen LogP contribution in [0.1, 0.15) is 18.7 Å². The van der Waals surface area contributed by atoms with E-state index in [0.717, 1.165) is 10.6 Å². The van der Waals surface area contributed by atoms with Gasteiger partial charge in [-0.1, -0.05) is 13.0 Å². The highest BCUT2D eigenvalue weighted by atomic mass is 35.5. The van der Waals surface area contributed by atoms with Gasteiger partial charge in [-0.05, 0) is 30.5 Å². The second-order valence-electron chi connectivity index (χ2n) is 5.98. The van der Waals surface area contributed by atoms with Crippen molar-refractivity contribution in [2.75, 3.05) is 18.1 Å². The number of amides is 1. The molecule has 2 heterocycles. The quantitative estimate of drug-likeness (QED) is 0.860. The Morgan fingerprint density at radius 1 is 1.24 bits per heavy atom. The van der Waals surface area contributed by atoms with Crippen molar-refractivity contribution in [3.63, 3.8) is 0 Å². The Balaban J connectivity index is 0.00000225. The minimum absolute atomic E-state index is 0. The Hall–Kier alpha value is -1.76. The molecule has 1 aliphatic heterocycles. The lowest BCUT2D eigenvalue weighted by Crippen LogP contribution is -2.41. The van der Waals surface area contributed by atoms with Gasteiger partial charge in [0.05, 0.1) is 12.5 Å². The third-order valence-corrected chi connectivity index (χ3v) is 5.04. The number of anilines is 1. The van der Waals surface area contributed by atoms with Crippen LogP contribution in [0.3, 0.4) is 0 Å². The summed E-state index contributed by atoms with van der Waals surface area (Å²) in [5, 5.41) is 2.01. The van der Waals surface area contributed by atoms with Gasteiger partial charge in [0.25, 0.3) is 0 Å². The van der Waals surface area contributed by atoms with Crippen LogP contribution < -0.4 is 20.1 Å². The lowest BCUT2D eigenvalue weighted by atomic mass is 10.0. The van der Waals surface area contributed by atoms with Crippen molar-refractivity contribution < 1.29 is 14.3 Å². The molecular formula is C18H23ClN2O3S. The molecular weight excluding hydrogens is 360 g/mol. The fourth-order valence-corrected chi connectivity index (χ4v) is 3.22. The molecule has 0 fully saturated rings. The summed E-state index contributed by atoms with van der Waals surface area (Å²) in [5.74, 6) is 1.14. The molecule has 3 rings (SSSR count). The first kappa shape index (κ1) is 19.6. The molecule has 2 aromatic rings. The highest BCUT2D eigenvalue weighted by Gasteiger charge is 2.26. The zero-order valence-corrected chi connectivity index (χ0v) is 15.9. The van der Waals surface area contributed by atoms with Crippen molar-refractivity contribution in [1.82, 2.24) is 0 Å². The number of thiophene rings is 1. The maximum atomic E-state index is 13.0. The van der Waals surface area contributed by atoms with Crippen LogP contribution in [-0.4, -0.2) is 25.2 Å². The number of carbonyl (C=O) groups is 1. The molecule has 1 amide bonds. The number of nitrogens with zero attached hydrogens (tertiary/aromatic N) is 1. The summed E-state index contributed by atoms with van der Waals surface area (Å²) in [5.41, 5.74) is 6.74. The maximum absolute atomic E-state index is 13.0. The average Bonchev–Trinajstić information content (AvgIpc) is 3.11. The SMILES string of the molecule is CC(N)C(C)C(=O)N(Cc1cccs1)c1ccc2c(c1)OCCO2.Cl. The number of fused-ring (bicyclic) bond motifs is 1. The largest absolute Gasteiger partial charge is 0.486 e. The summed E-state index contributed by atoms with van der Waals surface area (Å²) in [4.78, 5) is 15.9. The predicted molar refractivity (Wildman–Crippen MR) is 103 cm³/mol. The van der Waals surface area contributed by atoms with Crippen molar-refractivity contribution in [2.45, 2.75) is 26.4 Å². The standard InChI is InChI=1S/C18H22N2O3S.ClH/c1-12(13(2)19)18(21)20(11-15-4-3-9-24-15)14-5-6-16-17(10-14)23-8-7-22-16;/h3-6,9-10,12-13H,7-8,11,19H2,1-2H3;1H. The van der Waals surface area contributed by atoms with E-state index in [1.165, 1.54) is 0 Å². The highest BCUT2D eigenvalue weighted by molar-refractivity contribution is 7.09. The van der Waals surface area contributed by atoms with Crippen LogP contribution in [-0.2, 0) is 11.3 Å². The molecule has 25 heavy (non-hydrogen) atoms. The van der Waals surface area contributed by atoms with E-state index < -0.39 is 0 Å². The van der Waals surface area contributed by atoms with Gasteiger partial charge in [-0.2, -0.15) is 0 Å². The van der Waals surface area contributed by atoms with Crippen LogP contribution in [0, 0.1) is 5.92 Å². The molecule has 2 atom stereocenters. The molecule has 1 aromatic carbocycles. The Labute approximate surface area is 158 Å². The van der Waals surface area contributed by atoms with Crippen LogP contribution in [0.15, 0.2) is 35.7 Å². The molecule has 0 saturated carbocycles. The molecule has 0 bridgehead atoms. The number of ether oxygens (including phenoxy) is 2. The van der Waals surface area contributed by atoms with Gasteiger partial charge in [0.2, 0.25) is 5.91 Å². The summed E-state index contributed by atoms with van der Waals surface area (Å²) >= 11 is 1.63. The van der Waals surface area contributed by atoms with Crippen molar-refractivity contribution in [3.8, 4) is 11.5 Å². The molecule has 1 aromatic heterocycles. The van der Waals surface area contributed by atoms with E-state index in [0.29, 0.717) is 31.3 Å². The number of hydrogen-bond acceptors (Lipinski definition) is 5. The van der Waals surface area contributed by atoms with E-state index in [9.17, 15) is 4.79 Å². The normalized spacial score (nSPS) is 15.0. The summed E-state index contributed by atoms with van der Waals surface area (Å²) in [7, 11) is 0. The van der Waals surface area contributed by atoms with Gasteiger partial charge in [-0.25, -0.2) is 0 Å². The summed E-state index contributed by atoms with van der Waals surface area (Å²) in [6, 6.07) is 9.43. The maximum Gasteiger partial charge on any atom is 0.231 e. The number of nitrogens with two attached hydrogens (primary N) is 1. The van der Waals surface area contributed by atoms with Gasteiger partial charge in [-0.3, -0.25) is 4.79 Å². The number of hydrogen-bond donors (Lipinski definition) is 1. The Morgan fingerprint density at radius 2 is 1.96 bits per heavy atom. The van der Waals surface area contributed by atoms with Crippen LogP contribution in [0.25, 0.3) is 0 Å². The minimum atomic E-state index is -0.266. The van der Waals surface area contributed by atoms with E-state index in [2.05, 4.69) is 0 Å². The van der Waals surface area contributed by atoms with Crippen molar-refractivity contribution >= 4 is 35.3 Å². The number of carbonyl (C=O) groups excluding carboxylic acids is 1. The van der Waals surface area contributed by atoms with Gasteiger partial charge in [-0.15, -0.1) is 23.7 Å². The first-order chi connectivity index (χ1) is 11.6. The minimum Gasteiger partial charge on any atom is -0.486 e. The number of halogens is 1. The van der Waals surface area contributed by atoms with Gasteiger partial charge in [0.1, 0.15) is 13.2 Å². The summed E-state index contributed by atoms with van der Waals surface area (Å²) in [6.07, 6.45) is 0. The Kier molecular flexibility index (Phi) is 6.70. The van der Waals surface area contributed by atoms with Gasteiger partial charge < -0.3 is 20.1 Å². The van der Waals surface area contributed by atoms with Gasteiger partial charge in [0.15, 0.2) is 11.5 Å². The number of rotatable bonds is 5. The molecule has 0 saturated heterocycles. The summed E-state index contributed by atoms with van der Waals surface area (Å²) in [6.45, 7) is 5.31. The smallest absolute Gasteiger partial charge is 0.231 e. The van der Waals surface area contributed by atoms with Gasteiger partial charge >= 0.3 is 0 Å². The molecule has 0 radical (unpaired) electrons. The van der Waals surface area contributed by atoms with Crippen LogP contribution in [0.2, 0.25) is 0 Å². The second kappa shape index (κ2) is 8.56. The van der Waals surface area contributed by atoms with E-state index in [-0.39, 0.29) is 30.3 Å². The zero-order valence-electron chi connectivity index (χ0n) is 14.3. The Morgan fingerprint density at radius 3 is 2.60 bits per heavy atom. The zero-order chi connectivity index (χ0) is 17.1. The lowest BCUT2D eigenvalue weighted by Gasteiger charge is -2.28. The van der Waals surface area contributed by atoms with Crippen LogP contribution in [0.4, 0.5) is 5.69 Å². The average molecular weight is 383 g/mol. The van der Waals surface area contributed by atoms with Crippen LogP contribution in [0.5, 0.6) is 11.5 Å². The number of benzene rings is 1. The van der Waals surface area contributed by atoms with Crippen molar-refractivity contribution in [2.24, 2.45) is 11.7 Å². The molecule has 136 valence electrons. The van der Waals surface area contributed by atoms with E-state index in [1.54, 1.807) is 16.2 Å². The predicted octanol–water partition coefficient (Wildman–Crippen LogP) is 3.46. The van der Waals surface area contributed by atoms with Crippen LogP contribution >= 0.6 is 23.7 Å².